The molecule has 1 aliphatic heterocycles. The lowest BCUT2D eigenvalue weighted by Crippen LogP contribution is -2.45. The van der Waals surface area contributed by atoms with Gasteiger partial charge >= 0.3 is 0 Å². The monoisotopic (exact) mass is 358 g/mol. The van der Waals surface area contributed by atoms with Crippen LogP contribution in [0.2, 0.25) is 0 Å². The van der Waals surface area contributed by atoms with Crippen molar-refractivity contribution in [3.05, 3.63) is 34.9 Å². The highest BCUT2D eigenvalue weighted by Crippen LogP contribution is 2.20. The number of rotatable bonds is 4. The smallest absolute Gasteiger partial charge is 0.253 e. The van der Waals surface area contributed by atoms with Crippen molar-refractivity contribution in [3.63, 3.8) is 0 Å². The largest absolute Gasteiger partial charge is 0.350 e. The minimum Gasteiger partial charge on any atom is -0.350 e. The van der Waals surface area contributed by atoms with E-state index >= 15 is 0 Å². The van der Waals surface area contributed by atoms with Crippen LogP contribution in [0.4, 0.5) is 4.39 Å². The Morgan fingerprint density at radius 1 is 1.27 bits per heavy atom. The van der Waals surface area contributed by atoms with Crippen molar-refractivity contribution >= 4 is 16.9 Å². The molecule has 1 atom stereocenters. The van der Waals surface area contributed by atoms with Crippen molar-refractivity contribution in [2.45, 2.75) is 46.6 Å². The van der Waals surface area contributed by atoms with Crippen molar-refractivity contribution in [1.29, 1.82) is 0 Å². The first-order valence-electron chi connectivity index (χ1n) is 9.32. The van der Waals surface area contributed by atoms with E-state index in [4.69, 9.17) is 0 Å². The molecule has 0 aliphatic carbocycles. The molecule has 140 valence electrons. The maximum Gasteiger partial charge on any atom is 0.253 e. The lowest BCUT2D eigenvalue weighted by atomic mass is 9.98. The standard InChI is InChI=1S/C20H27FN4O/c1-12-5-7-25(8-6-12)13(2)11-22-20(26)17-9-16(21)10-18-19(17)24-15(4)14(3)23-18/h9-10,12-13H,5-8,11H2,1-4H3,(H,22,26). The Labute approximate surface area is 154 Å². The van der Waals surface area contributed by atoms with Gasteiger partial charge in [-0.3, -0.25) is 9.69 Å². The molecule has 26 heavy (non-hydrogen) atoms. The molecule has 0 radical (unpaired) electrons. The zero-order valence-corrected chi connectivity index (χ0v) is 16.0. The fourth-order valence-electron chi connectivity index (χ4n) is 3.40. The molecule has 1 unspecified atom stereocenters. The molecule has 0 spiro atoms. The van der Waals surface area contributed by atoms with Crippen LogP contribution in [-0.4, -0.2) is 46.5 Å². The first kappa shape index (κ1) is 18.7. The zero-order chi connectivity index (χ0) is 18.8. The van der Waals surface area contributed by atoms with Gasteiger partial charge in [0.15, 0.2) is 0 Å². The van der Waals surface area contributed by atoms with Crippen LogP contribution in [0.3, 0.4) is 0 Å². The third-order valence-electron chi connectivity index (χ3n) is 5.39. The van der Waals surface area contributed by atoms with Crippen molar-refractivity contribution < 1.29 is 9.18 Å². The van der Waals surface area contributed by atoms with Gasteiger partial charge in [-0.05, 0) is 58.7 Å². The third-order valence-corrected chi connectivity index (χ3v) is 5.39. The number of piperidine rings is 1. The second-order valence-electron chi connectivity index (χ2n) is 7.49. The Bertz CT molecular complexity index is 815. The number of hydrogen-bond donors (Lipinski definition) is 1. The average molecular weight is 358 g/mol. The number of halogens is 1. The number of hydrogen-bond acceptors (Lipinski definition) is 4. The molecule has 1 aliphatic rings. The zero-order valence-electron chi connectivity index (χ0n) is 16.0. The van der Waals surface area contributed by atoms with Gasteiger partial charge < -0.3 is 5.32 Å². The number of benzene rings is 1. The molecule has 3 rings (SSSR count). The summed E-state index contributed by atoms with van der Waals surface area (Å²) in [5, 5.41) is 2.95. The highest BCUT2D eigenvalue weighted by Gasteiger charge is 2.21. The summed E-state index contributed by atoms with van der Waals surface area (Å²) in [4.78, 5) is 23.9. The molecule has 1 amide bonds. The fourth-order valence-corrected chi connectivity index (χ4v) is 3.40. The van der Waals surface area contributed by atoms with Gasteiger partial charge in [-0.15, -0.1) is 0 Å². The molecular weight excluding hydrogens is 331 g/mol. The first-order valence-corrected chi connectivity index (χ1v) is 9.32. The van der Waals surface area contributed by atoms with Crippen LogP contribution in [0.1, 0.15) is 48.4 Å². The van der Waals surface area contributed by atoms with Gasteiger partial charge in [0.1, 0.15) is 11.3 Å². The highest BCUT2D eigenvalue weighted by atomic mass is 19.1. The number of nitrogens with zero attached hydrogens (tertiary/aromatic N) is 3. The Balaban J connectivity index is 1.74. The summed E-state index contributed by atoms with van der Waals surface area (Å²) in [5.74, 6) is -0.000444. The minimum atomic E-state index is -0.474. The molecule has 5 nitrogen and oxygen atoms in total. The molecule has 1 aromatic carbocycles. The summed E-state index contributed by atoms with van der Waals surface area (Å²) in [5.41, 5.74) is 2.59. The predicted molar refractivity (Wildman–Crippen MR) is 101 cm³/mol. The summed E-state index contributed by atoms with van der Waals surface area (Å²) >= 11 is 0. The first-order chi connectivity index (χ1) is 12.3. The lowest BCUT2D eigenvalue weighted by molar-refractivity contribution is 0.0922. The SMILES string of the molecule is Cc1nc2cc(F)cc(C(=O)NCC(C)N3CCC(C)CC3)c2nc1C. The maximum atomic E-state index is 14.0. The van der Waals surface area contributed by atoms with Gasteiger partial charge in [0.25, 0.3) is 5.91 Å². The Hall–Kier alpha value is -2.08. The summed E-state index contributed by atoms with van der Waals surface area (Å²) in [6.07, 6.45) is 2.39. The van der Waals surface area contributed by atoms with E-state index in [0.717, 1.165) is 30.4 Å². The van der Waals surface area contributed by atoms with Gasteiger partial charge in [-0.25, -0.2) is 14.4 Å². The van der Waals surface area contributed by atoms with E-state index in [0.29, 0.717) is 17.6 Å². The van der Waals surface area contributed by atoms with Gasteiger partial charge in [0, 0.05) is 18.7 Å². The van der Waals surface area contributed by atoms with Crippen LogP contribution in [0.15, 0.2) is 12.1 Å². The fraction of sp³-hybridized carbons (Fsp3) is 0.550. The van der Waals surface area contributed by atoms with Crippen LogP contribution in [0.25, 0.3) is 11.0 Å². The Kier molecular flexibility index (Phi) is 5.51. The van der Waals surface area contributed by atoms with Crippen molar-refractivity contribution in [3.8, 4) is 0 Å². The van der Waals surface area contributed by atoms with E-state index in [1.54, 1.807) is 0 Å². The van der Waals surface area contributed by atoms with Crippen LogP contribution in [-0.2, 0) is 0 Å². The molecule has 1 saturated heterocycles. The molecule has 1 aromatic heterocycles. The molecule has 2 aromatic rings. The topological polar surface area (TPSA) is 58.1 Å². The number of aromatic nitrogens is 2. The number of aryl methyl sites for hydroxylation is 2. The number of fused-ring (bicyclic) bond motifs is 1. The number of amides is 1. The summed E-state index contributed by atoms with van der Waals surface area (Å²) in [7, 11) is 0. The number of carbonyl (C=O) groups excluding carboxylic acids is 1. The normalized spacial score (nSPS) is 17.4. The second kappa shape index (κ2) is 7.66. The maximum absolute atomic E-state index is 14.0. The lowest BCUT2D eigenvalue weighted by Gasteiger charge is -2.35. The Morgan fingerprint density at radius 2 is 1.92 bits per heavy atom. The number of carbonyl (C=O) groups is 1. The summed E-state index contributed by atoms with van der Waals surface area (Å²) in [6.45, 7) is 10.7. The minimum absolute atomic E-state index is 0.245. The van der Waals surface area contributed by atoms with Crippen LogP contribution >= 0.6 is 0 Å². The van der Waals surface area contributed by atoms with Crippen molar-refractivity contribution in [1.82, 2.24) is 20.2 Å². The van der Waals surface area contributed by atoms with Gasteiger partial charge in [-0.1, -0.05) is 6.92 Å². The van der Waals surface area contributed by atoms with E-state index in [2.05, 4.69) is 34.0 Å². The van der Waals surface area contributed by atoms with E-state index in [-0.39, 0.29) is 17.5 Å². The van der Waals surface area contributed by atoms with Crippen LogP contribution in [0, 0.1) is 25.6 Å². The average Bonchev–Trinajstić information content (AvgIpc) is 2.60. The predicted octanol–water partition coefficient (Wildman–Crippen LogP) is 3.24. The number of likely N-dealkylation sites (tertiary alicyclic amines) is 1. The molecular formula is C20H27FN4O. The molecule has 2 heterocycles. The third kappa shape index (κ3) is 4.01. The number of nitrogens with one attached hydrogen (secondary N) is 1. The second-order valence-corrected chi connectivity index (χ2v) is 7.49. The molecule has 1 fully saturated rings. The molecule has 1 N–H and O–H groups in total. The summed E-state index contributed by atoms with van der Waals surface area (Å²) < 4.78 is 14.0. The molecule has 6 heteroatoms. The van der Waals surface area contributed by atoms with E-state index < -0.39 is 5.82 Å². The van der Waals surface area contributed by atoms with Gasteiger partial charge in [0.05, 0.1) is 22.5 Å². The van der Waals surface area contributed by atoms with E-state index in [1.165, 1.54) is 25.0 Å². The highest BCUT2D eigenvalue weighted by molar-refractivity contribution is 6.04. The molecule has 0 bridgehead atoms. The Morgan fingerprint density at radius 3 is 2.62 bits per heavy atom. The van der Waals surface area contributed by atoms with Crippen molar-refractivity contribution in [2.24, 2.45) is 5.92 Å². The van der Waals surface area contributed by atoms with Gasteiger partial charge in [0.2, 0.25) is 0 Å². The summed E-state index contributed by atoms with van der Waals surface area (Å²) in [6, 6.07) is 2.82. The van der Waals surface area contributed by atoms with Gasteiger partial charge in [-0.2, -0.15) is 0 Å². The molecule has 0 saturated carbocycles. The van der Waals surface area contributed by atoms with E-state index in [9.17, 15) is 9.18 Å². The van der Waals surface area contributed by atoms with E-state index in [1.807, 2.05) is 13.8 Å². The van der Waals surface area contributed by atoms with Crippen molar-refractivity contribution in [2.75, 3.05) is 19.6 Å². The van der Waals surface area contributed by atoms with Crippen LogP contribution in [0.5, 0.6) is 0 Å². The quantitative estimate of drug-likeness (QED) is 0.912. The van der Waals surface area contributed by atoms with Crippen LogP contribution < -0.4 is 5.32 Å².